The number of unbranched alkanes of at least 4 members (excludes halogenated alkanes) is 16. The van der Waals surface area contributed by atoms with E-state index in [4.69, 9.17) is 14.2 Å². The summed E-state index contributed by atoms with van der Waals surface area (Å²) >= 11 is 0. The summed E-state index contributed by atoms with van der Waals surface area (Å²) in [6, 6.07) is 0. The van der Waals surface area contributed by atoms with Crippen molar-refractivity contribution in [3.8, 4) is 23.0 Å². The Morgan fingerprint density at radius 2 is 0.878 bits per heavy atom. The molecular formula is C35H62O6. The number of aromatic carboxylic acids is 1. The Balaban J connectivity index is 3.27. The highest BCUT2D eigenvalue weighted by molar-refractivity contribution is 5.97. The molecule has 0 bridgehead atoms. The lowest BCUT2D eigenvalue weighted by molar-refractivity contribution is 0.0686. The van der Waals surface area contributed by atoms with E-state index in [9.17, 15) is 15.0 Å². The van der Waals surface area contributed by atoms with Crippen molar-refractivity contribution in [3.63, 3.8) is 0 Å². The molecule has 6 heteroatoms. The van der Waals surface area contributed by atoms with Gasteiger partial charge in [-0.3, -0.25) is 0 Å². The first kappa shape index (κ1) is 36.9. The van der Waals surface area contributed by atoms with Crippen LogP contribution in [0.2, 0.25) is 0 Å². The third-order valence-electron chi connectivity index (χ3n) is 7.66. The lowest BCUT2D eigenvalue weighted by Gasteiger charge is -2.23. The normalized spacial score (nSPS) is 11.1. The van der Waals surface area contributed by atoms with Crippen LogP contribution in [0.1, 0.15) is 172 Å². The van der Waals surface area contributed by atoms with Crippen molar-refractivity contribution in [3.05, 3.63) is 11.1 Å². The maximum absolute atomic E-state index is 12.5. The molecule has 1 aromatic rings. The van der Waals surface area contributed by atoms with Crippen LogP contribution in [0.4, 0.5) is 0 Å². The van der Waals surface area contributed by atoms with E-state index in [2.05, 4.69) is 27.7 Å². The van der Waals surface area contributed by atoms with E-state index in [1.54, 1.807) is 0 Å². The van der Waals surface area contributed by atoms with E-state index in [0.717, 1.165) is 76.2 Å². The number of hydrogen-bond donors (Lipinski definition) is 2. The monoisotopic (exact) mass is 578 g/mol. The highest BCUT2D eigenvalue weighted by atomic mass is 16.5. The summed E-state index contributed by atoms with van der Waals surface area (Å²) in [5.74, 6) is -0.678. The third kappa shape index (κ3) is 15.1. The Morgan fingerprint density at radius 1 is 0.512 bits per heavy atom. The fraction of sp³-hybridized carbons (Fsp3) is 0.800. The van der Waals surface area contributed by atoms with Gasteiger partial charge < -0.3 is 24.4 Å². The molecule has 0 atom stereocenters. The Bertz CT molecular complexity index is 807. The first-order valence-corrected chi connectivity index (χ1v) is 17.1. The fourth-order valence-electron chi connectivity index (χ4n) is 5.13. The van der Waals surface area contributed by atoms with E-state index in [1.165, 1.54) is 57.8 Å². The molecule has 1 aromatic carbocycles. The van der Waals surface area contributed by atoms with Crippen molar-refractivity contribution in [2.45, 2.75) is 163 Å². The van der Waals surface area contributed by atoms with Crippen LogP contribution in [-0.4, -0.2) is 36.0 Å². The van der Waals surface area contributed by atoms with Crippen LogP contribution in [0, 0.1) is 0 Å². The van der Waals surface area contributed by atoms with Crippen molar-refractivity contribution in [2.24, 2.45) is 0 Å². The summed E-state index contributed by atoms with van der Waals surface area (Å²) < 4.78 is 18.6. The molecule has 0 unspecified atom stereocenters. The third-order valence-corrected chi connectivity index (χ3v) is 7.66. The van der Waals surface area contributed by atoms with Gasteiger partial charge in [-0.1, -0.05) is 130 Å². The minimum atomic E-state index is -1.23. The molecule has 0 saturated heterocycles. The minimum Gasteiger partial charge on any atom is -0.504 e. The predicted molar refractivity (Wildman–Crippen MR) is 170 cm³/mol. The first-order chi connectivity index (χ1) is 20.0. The second-order valence-corrected chi connectivity index (χ2v) is 11.4. The zero-order valence-corrected chi connectivity index (χ0v) is 27.0. The first-order valence-electron chi connectivity index (χ1n) is 17.1. The van der Waals surface area contributed by atoms with Gasteiger partial charge in [0, 0.05) is 5.56 Å². The van der Waals surface area contributed by atoms with Gasteiger partial charge in [-0.15, -0.1) is 0 Å². The molecule has 0 fully saturated rings. The van der Waals surface area contributed by atoms with E-state index in [1.807, 2.05) is 0 Å². The van der Waals surface area contributed by atoms with Gasteiger partial charge in [0.1, 0.15) is 0 Å². The molecule has 41 heavy (non-hydrogen) atoms. The fourth-order valence-corrected chi connectivity index (χ4v) is 5.13. The summed E-state index contributed by atoms with van der Waals surface area (Å²) in [5, 5.41) is 21.5. The highest BCUT2D eigenvalue weighted by Crippen LogP contribution is 2.49. The Labute approximate surface area is 251 Å². The molecule has 0 aliphatic rings. The molecule has 0 heterocycles. The average molecular weight is 579 g/mol. The highest BCUT2D eigenvalue weighted by Gasteiger charge is 2.31. The number of benzene rings is 1. The van der Waals surface area contributed by atoms with Gasteiger partial charge in [-0.05, 0) is 32.1 Å². The lowest BCUT2D eigenvalue weighted by atomic mass is 9.99. The second kappa shape index (κ2) is 24.5. The molecule has 0 aliphatic heterocycles. The van der Waals surface area contributed by atoms with Crippen LogP contribution in [-0.2, 0) is 6.42 Å². The average Bonchev–Trinajstić information content (AvgIpc) is 2.96. The predicted octanol–water partition coefficient (Wildman–Crippen LogP) is 10.7. The van der Waals surface area contributed by atoms with Crippen LogP contribution in [0.15, 0.2) is 0 Å². The summed E-state index contributed by atoms with van der Waals surface area (Å²) in [6.07, 6.45) is 22.7. The number of phenols is 1. The zero-order chi connectivity index (χ0) is 30.1. The molecular weight excluding hydrogens is 516 g/mol. The Kier molecular flexibility index (Phi) is 22.0. The number of aromatic hydroxyl groups is 1. The van der Waals surface area contributed by atoms with Gasteiger partial charge in [-0.25, -0.2) is 4.79 Å². The van der Waals surface area contributed by atoms with E-state index in [-0.39, 0.29) is 22.8 Å². The van der Waals surface area contributed by atoms with Crippen molar-refractivity contribution in [1.82, 2.24) is 0 Å². The number of hydrogen-bond acceptors (Lipinski definition) is 5. The van der Waals surface area contributed by atoms with Crippen LogP contribution in [0.25, 0.3) is 0 Å². The molecule has 0 spiro atoms. The number of carboxylic acid groups (broad SMARTS) is 1. The number of rotatable bonds is 28. The molecule has 1 rings (SSSR count). The SMILES string of the molecule is CCCCCCCCCOc1c(O)c(C(=O)O)c(OCCCCC)c(OCCCCC)c1CCCCCCCCC. The van der Waals surface area contributed by atoms with E-state index < -0.39 is 5.97 Å². The topological polar surface area (TPSA) is 85.2 Å². The smallest absolute Gasteiger partial charge is 0.343 e. The van der Waals surface area contributed by atoms with Crippen LogP contribution in [0.3, 0.4) is 0 Å². The molecule has 0 amide bonds. The molecule has 0 aromatic heterocycles. The van der Waals surface area contributed by atoms with Crippen LogP contribution in [0.5, 0.6) is 23.0 Å². The Hall–Kier alpha value is -2.11. The summed E-state index contributed by atoms with van der Waals surface area (Å²) in [5.41, 5.74) is 0.510. The second-order valence-electron chi connectivity index (χ2n) is 11.4. The molecule has 238 valence electrons. The molecule has 2 N–H and O–H groups in total. The van der Waals surface area contributed by atoms with Crippen molar-refractivity contribution in [2.75, 3.05) is 19.8 Å². The van der Waals surface area contributed by atoms with Crippen molar-refractivity contribution < 1.29 is 29.2 Å². The van der Waals surface area contributed by atoms with Gasteiger partial charge in [0.05, 0.1) is 19.8 Å². The van der Waals surface area contributed by atoms with Gasteiger partial charge in [-0.2, -0.15) is 0 Å². The quantitative estimate of drug-likeness (QED) is 0.0962. The van der Waals surface area contributed by atoms with Gasteiger partial charge in [0.15, 0.2) is 28.6 Å². The summed E-state index contributed by atoms with van der Waals surface area (Å²) in [7, 11) is 0. The minimum absolute atomic E-state index is 0.156. The van der Waals surface area contributed by atoms with Crippen molar-refractivity contribution in [1.29, 1.82) is 0 Å². The standard InChI is InChI=1S/C35H62O6/c1-5-9-13-15-17-19-21-25-29-32(39-28-24-20-18-16-14-10-6-2)31(36)30(35(37)38)34(41-27-23-12-8-4)33(29)40-26-22-11-7-3/h36H,5-28H2,1-4H3,(H,37,38). The zero-order valence-electron chi connectivity index (χ0n) is 27.0. The number of carbonyl (C=O) groups is 1. The maximum atomic E-state index is 12.5. The van der Waals surface area contributed by atoms with E-state index >= 15 is 0 Å². The molecule has 6 nitrogen and oxygen atoms in total. The molecule has 0 aliphatic carbocycles. The molecule has 0 radical (unpaired) electrons. The molecule has 0 saturated carbocycles. The summed E-state index contributed by atoms with van der Waals surface area (Å²) in [4.78, 5) is 12.5. The van der Waals surface area contributed by atoms with Crippen LogP contribution < -0.4 is 14.2 Å². The summed E-state index contributed by atoms with van der Waals surface area (Å²) in [6.45, 7) is 10.0. The largest absolute Gasteiger partial charge is 0.504 e. The lowest BCUT2D eigenvalue weighted by Crippen LogP contribution is -2.13. The van der Waals surface area contributed by atoms with Gasteiger partial charge >= 0.3 is 5.97 Å². The van der Waals surface area contributed by atoms with Crippen molar-refractivity contribution >= 4 is 5.97 Å². The van der Waals surface area contributed by atoms with Gasteiger partial charge in [0.25, 0.3) is 0 Å². The maximum Gasteiger partial charge on any atom is 0.343 e. The van der Waals surface area contributed by atoms with E-state index in [0.29, 0.717) is 32.0 Å². The van der Waals surface area contributed by atoms with Crippen LogP contribution >= 0.6 is 0 Å². The van der Waals surface area contributed by atoms with Gasteiger partial charge in [0.2, 0.25) is 0 Å². The number of ether oxygens (including phenoxy) is 3. The number of carboxylic acids is 1. The Morgan fingerprint density at radius 3 is 1.37 bits per heavy atom.